The van der Waals surface area contributed by atoms with Crippen molar-refractivity contribution in [2.24, 2.45) is 5.73 Å². The van der Waals surface area contributed by atoms with Crippen LogP contribution in [0.4, 0.5) is 17.6 Å². The summed E-state index contributed by atoms with van der Waals surface area (Å²) < 4.78 is 51.9. The van der Waals surface area contributed by atoms with E-state index < -0.39 is 22.5 Å². The van der Waals surface area contributed by atoms with Crippen LogP contribution in [-0.4, -0.2) is 10.6 Å². The van der Waals surface area contributed by atoms with Crippen molar-refractivity contribution >= 4 is 5.71 Å². The van der Waals surface area contributed by atoms with Gasteiger partial charge in [0.2, 0.25) is 0 Å². The van der Waals surface area contributed by atoms with Crippen LogP contribution in [0.5, 0.6) is 0 Å². The Hall–Kier alpha value is -2.97. The molecule has 1 aromatic carbocycles. The topological polar surface area (TPSA) is 93.0 Å². The van der Waals surface area contributed by atoms with Crippen LogP contribution in [0.15, 0.2) is 53.4 Å². The lowest BCUT2D eigenvalue weighted by molar-refractivity contribution is -0.419. The summed E-state index contributed by atoms with van der Waals surface area (Å²) in [5.41, 5.74) is 3.68. The van der Waals surface area contributed by atoms with Gasteiger partial charge in [0.15, 0.2) is 0 Å². The lowest BCUT2D eigenvalue weighted by atomic mass is 9.90. The minimum Gasteiger partial charge on any atom is -0.404 e. The van der Waals surface area contributed by atoms with Crippen LogP contribution in [0.3, 0.4) is 0 Å². The van der Waals surface area contributed by atoms with Gasteiger partial charge in [-0.1, -0.05) is 0 Å². The van der Waals surface area contributed by atoms with Gasteiger partial charge in [-0.25, -0.2) is 4.39 Å². The highest BCUT2D eigenvalue weighted by Crippen LogP contribution is 2.33. The van der Waals surface area contributed by atoms with Gasteiger partial charge in [-0.15, -0.1) is 0 Å². The third-order valence-electron chi connectivity index (χ3n) is 3.64. The Morgan fingerprint density at radius 2 is 2.04 bits per heavy atom. The monoisotopic (exact) mass is 355 g/mol. The molecular formula is C16H13F4N3O2. The fourth-order valence-corrected chi connectivity index (χ4v) is 2.43. The van der Waals surface area contributed by atoms with Crippen molar-refractivity contribution in [3.8, 4) is 0 Å². The molecule has 0 spiro atoms. The number of benzene rings is 1. The summed E-state index contributed by atoms with van der Waals surface area (Å²) in [6, 6.07) is 2.18. The van der Waals surface area contributed by atoms with Crippen LogP contribution < -0.4 is 5.73 Å². The van der Waals surface area contributed by atoms with Gasteiger partial charge in [0.25, 0.3) is 5.70 Å². The summed E-state index contributed by atoms with van der Waals surface area (Å²) in [7, 11) is 0. The van der Waals surface area contributed by atoms with E-state index in [0.29, 0.717) is 30.5 Å². The molecular weight excluding hydrogens is 342 g/mol. The van der Waals surface area contributed by atoms with E-state index in [2.05, 4.69) is 0 Å². The molecule has 0 heterocycles. The molecule has 5 nitrogen and oxygen atoms in total. The van der Waals surface area contributed by atoms with E-state index in [1.807, 2.05) is 0 Å². The largest absolute Gasteiger partial charge is 0.419 e. The first-order valence-electron chi connectivity index (χ1n) is 7.08. The Bertz CT molecular complexity index is 823. The van der Waals surface area contributed by atoms with Crippen molar-refractivity contribution in [1.29, 1.82) is 5.41 Å². The van der Waals surface area contributed by atoms with E-state index in [9.17, 15) is 27.7 Å². The molecule has 25 heavy (non-hydrogen) atoms. The Morgan fingerprint density at radius 1 is 1.36 bits per heavy atom. The van der Waals surface area contributed by atoms with Gasteiger partial charge in [0.05, 0.1) is 16.2 Å². The molecule has 1 aromatic rings. The maximum atomic E-state index is 13.4. The summed E-state index contributed by atoms with van der Waals surface area (Å²) in [4.78, 5) is 10.3. The second-order valence-corrected chi connectivity index (χ2v) is 5.24. The SMILES string of the molecule is N=C(/C(=C\N)C1=CC([N+](=O)[O-])=CCC1)c1ccc(F)c(C(F)(F)F)c1. The zero-order chi connectivity index (χ0) is 18.8. The highest BCUT2D eigenvalue weighted by Gasteiger charge is 2.34. The van der Waals surface area contributed by atoms with E-state index in [1.54, 1.807) is 0 Å². The van der Waals surface area contributed by atoms with E-state index in [0.717, 1.165) is 12.3 Å². The van der Waals surface area contributed by atoms with Crippen LogP contribution in [0, 0.1) is 21.3 Å². The standard InChI is InChI=1S/C16H13F4N3O2/c17-14-5-4-10(7-13(14)16(18,19)20)15(22)12(8-21)9-2-1-3-11(6-9)23(24)25/h3-8,22H,1-2,21H2/b12-8-,22-15?. The number of nitrogens with one attached hydrogen (secondary N) is 1. The van der Waals surface area contributed by atoms with Gasteiger partial charge >= 0.3 is 6.18 Å². The summed E-state index contributed by atoms with van der Waals surface area (Å²) >= 11 is 0. The Balaban J connectivity index is 2.42. The quantitative estimate of drug-likeness (QED) is 0.371. The Morgan fingerprint density at radius 3 is 2.60 bits per heavy atom. The number of allylic oxidation sites excluding steroid dienone is 4. The van der Waals surface area contributed by atoms with Crippen LogP contribution in [0.25, 0.3) is 0 Å². The third-order valence-corrected chi connectivity index (χ3v) is 3.64. The van der Waals surface area contributed by atoms with Crippen molar-refractivity contribution in [2.45, 2.75) is 19.0 Å². The molecule has 0 amide bonds. The molecule has 0 aromatic heterocycles. The van der Waals surface area contributed by atoms with Gasteiger partial charge in [-0.05, 0) is 42.7 Å². The molecule has 0 atom stereocenters. The average molecular weight is 355 g/mol. The maximum absolute atomic E-state index is 13.4. The number of nitrogens with zero attached hydrogens (tertiary/aromatic N) is 1. The Kier molecular flexibility index (Phi) is 5.05. The number of hydrogen-bond donors (Lipinski definition) is 2. The highest BCUT2D eigenvalue weighted by atomic mass is 19.4. The van der Waals surface area contributed by atoms with Crippen LogP contribution in [0.2, 0.25) is 0 Å². The van der Waals surface area contributed by atoms with Gasteiger partial charge in [-0.3, -0.25) is 15.5 Å². The summed E-state index contributed by atoms with van der Waals surface area (Å²) in [5.74, 6) is -1.45. The lowest BCUT2D eigenvalue weighted by Gasteiger charge is -2.16. The number of hydrogen-bond acceptors (Lipinski definition) is 4. The fourth-order valence-electron chi connectivity index (χ4n) is 2.43. The molecule has 0 saturated heterocycles. The molecule has 0 bridgehead atoms. The first-order valence-corrected chi connectivity index (χ1v) is 7.08. The minimum absolute atomic E-state index is 0.0622. The van der Waals surface area contributed by atoms with Crippen LogP contribution in [-0.2, 0) is 6.18 Å². The van der Waals surface area contributed by atoms with E-state index in [-0.39, 0.29) is 22.5 Å². The van der Waals surface area contributed by atoms with Crippen molar-refractivity contribution in [3.63, 3.8) is 0 Å². The molecule has 3 N–H and O–H groups in total. The lowest BCUT2D eigenvalue weighted by Crippen LogP contribution is -2.14. The fraction of sp³-hybridized carbons (Fsp3) is 0.188. The van der Waals surface area contributed by atoms with E-state index in [1.165, 1.54) is 12.2 Å². The molecule has 9 heteroatoms. The van der Waals surface area contributed by atoms with Gasteiger partial charge in [-0.2, -0.15) is 13.2 Å². The number of nitrogens with two attached hydrogens (primary N) is 1. The molecule has 132 valence electrons. The van der Waals surface area contributed by atoms with E-state index in [4.69, 9.17) is 11.1 Å². The normalized spacial score (nSPS) is 15.4. The van der Waals surface area contributed by atoms with Crippen molar-refractivity contribution in [3.05, 3.63) is 80.5 Å². The van der Waals surface area contributed by atoms with Gasteiger partial charge in [0, 0.05) is 23.4 Å². The average Bonchev–Trinajstić information content (AvgIpc) is 2.55. The van der Waals surface area contributed by atoms with E-state index >= 15 is 0 Å². The number of nitro groups is 1. The first-order chi connectivity index (χ1) is 11.6. The van der Waals surface area contributed by atoms with Crippen molar-refractivity contribution in [2.75, 3.05) is 0 Å². The predicted molar refractivity (Wildman–Crippen MR) is 82.9 cm³/mol. The predicted octanol–water partition coefficient (Wildman–Crippen LogP) is 3.94. The highest BCUT2D eigenvalue weighted by molar-refractivity contribution is 6.13. The van der Waals surface area contributed by atoms with Gasteiger partial charge in [0.1, 0.15) is 5.82 Å². The summed E-state index contributed by atoms with van der Waals surface area (Å²) in [6.07, 6.45) is -0.585. The van der Waals surface area contributed by atoms with Crippen LogP contribution >= 0.6 is 0 Å². The molecule has 2 rings (SSSR count). The second kappa shape index (κ2) is 6.88. The van der Waals surface area contributed by atoms with Gasteiger partial charge < -0.3 is 5.73 Å². The van der Waals surface area contributed by atoms with Crippen LogP contribution in [0.1, 0.15) is 24.0 Å². The summed E-state index contributed by atoms with van der Waals surface area (Å²) in [5, 5.41) is 19.0. The number of halogens is 4. The molecule has 0 fully saturated rings. The summed E-state index contributed by atoms with van der Waals surface area (Å²) in [6.45, 7) is 0. The third kappa shape index (κ3) is 3.93. The molecule has 0 radical (unpaired) electrons. The smallest absolute Gasteiger partial charge is 0.404 e. The maximum Gasteiger partial charge on any atom is 0.419 e. The number of alkyl halides is 3. The van der Waals surface area contributed by atoms with Crippen molar-refractivity contribution in [1.82, 2.24) is 0 Å². The molecule has 0 unspecified atom stereocenters. The molecule has 1 aliphatic carbocycles. The first kappa shape index (κ1) is 18.4. The zero-order valence-corrected chi connectivity index (χ0v) is 12.7. The Labute approximate surface area is 139 Å². The molecule has 0 saturated carbocycles. The zero-order valence-electron chi connectivity index (χ0n) is 12.7. The minimum atomic E-state index is -4.90. The molecule has 0 aliphatic heterocycles. The van der Waals surface area contributed by atoms with Crippen molar-refractivity contribution < 1.29 is 22.5 Å². The number of rotatable bonds is 4. The second-order valence-electron chi connectivity index (χ2n) is 5.24. The molecule has 1 aliphatic rings.